The lowest BCUT2D eigenvalue weighted by Gasteiger charge is -2.19. The first-order chi connectivity index (χ1) is 8.65. The molecule has 1 aliphatic rings. The third-order valence-corrected chi connectivity index (χ3v) is 6.88. The van der Waals surface area contributed by atoms with Gasteiger partial charge in [-0.25, -0.2) is 21.6 Å². The fraction of sp³-hybridized carbons (Fsp3) is 0.300. The number of sulfone groups is 2. The zero-order chi connectivity index (χ0) is 14.4. The van der Waals surface area contributed by atoms with Gasteiger partial charge in [0.15, 0.2) is 19.7 Å². The summed E-state index contributed by atoms with van der Waals surface area (Å²) >= 11 is 5.07. The standard InChI is InChI=1S/C10H9ClO6S2/c1-6-7(17-10(11)12)2-3-8-9(6)19(15,16)5-4-18(8,13)14/h2-3H,4-5H2,1H3. The van der Waals surface area contributed by atoms with Crippen LogP contribution in [0.15, 0.2) is 21.9 Å². The Labute approximate surface area is 115 Å². The number of benzene rings is 1. The molecule has 0 N–H and O–H groups in total. The molecule has 1 aromatic carbocycles. The van der Waals surface area contributed by atoms with Gasteiger partial charge < -0.3 is 4.74 Å². The summed E-state index contributed by atoms with van der Waals surface area (Å²) in [5.74, 6) is -1.00. The molecule has 1 aliphatic heterocycles. The van der Waals surface area contributed by atoms with Crippen molar-refractivity contribution in [2.75, 3.05) is 11.5 Å². The number of halogens is 1. The van der Waals surface area contributed by atoms with Gasteiger partial charge in [0, 0.05) is 17.2 Å². The zero-order valence-corrected chi connectivity index (χ0v) is 12.1. The number of rotatable bonds is 1. The van der Waals surface area contributed by atoms with Crippen LogP contribution < -0.4 is 4.74 Å². The van der Waals surface area contributed by atoms with Crippen molar-refractivity contribution in [3.8, 4) is 5.75 Å². The largest absolute Gasteiger partial charge is 0.414 e. The number of carbonyl (C=O) groups excluding carboxylic acids is 1. The summed E-state index contributed by atoms with van der Waals surface area (Å²) in [6.45, 7) is 1.37. The van der Waals surface area contributed by atoms with E-state index in [0.29, 0.717) is 0 Å². The van der Waals surface area contributed by atoms with Crippen molar-refractivity contribution in [1.29, 1.82) is 0 Å². The van der Waals surface area contributed by atoms with Gasteiger partial charge in [0.1, 0.15) is 5.75 Å². The second-order valence-corrected chi connectivity index (χ2v) is 8.43. The van der Waals surface area contributed by atoms with Crippen LogP contribution in [0.25, 0.3) is 0 Å². The molecule has 6 nitrogen and oxygen atoms in total. The van der Waals surface area contributed by atoms with Gasteiger partial charge in [-0.2, -0.15) is 0 Å². The van der Waals surface area contributed by atoms with Crippen molar-refractivity contribution < 1.29 is 26.4 Å². The van der Waals surface area contributed by atoms with Crippen molar-refractivity contribution in [2.45, 2.75) is 16.7 Å². The van der Waals surface area contributed by atoms with E-state index >= 15 is 0 Å². The molecule has 0 aromatic heterocycles. The predicted octanol–water partition coefficient (Wildman–Crippen LogP) is 1.29. The average Bonchev–Trinajstić information content (AvgIpc) is 2.27. The Bertz CT molecular complexity index is 763. The van der Waals surface area contributed by atoms with Crippen LogP contribution in [0.1, 0.15) is 5.56 Å². The molecular weight excluding hydrogens is 316 g/mol. The van der Waals surface area contributed by atoms with E-state index in [0.717, 1.165) is 6.07 Å². The molecule has 0 spiro atoms. The molecule has 1 heterocycles. The number of hydrogen-bond donors (Lipinski definition) is 0. The molecular formula is C10H9ClO6S2. The van der Waals surface area contributed by atoms with Gasteiger partial charge >= 0.3 is 5.43 Å². The first-order valence-electron chi connectivity index (χ1n) is 5.11. The lowest BCUT2D eigenvalue weighted by atomic mass is 10.2. The quantitative estimate of drug-likeness (QED) is 0.722. The third-order valence-electron chi connectivity index (χ3n) is 2.78. The van der Waals surface area contributed by atoms with Gasteiger partial charge in [-0.05, 0) is 19.1 Å². The van der Waals surface area contributed by atoms with Crippen LogP contribution in [0, 0.1) is 6.92 Å². The van der Waals surface area contributed by atoms with Crippen LogP contribution >= 0.6 is 11.6 Å². The van der Waals surface area contributed by atoms with Gasteiger partial charge in [0.2, 0.25) is 0 Å². The van der Waals surface area contributed by atoms with E-state index in [1.807, 2.05) is 0 Å². The fourth-order valence-electron chi connectivity index (χ4n) is 1.91. The molecule has 104 valence electrons. The maximum atomic E-state index is 12.0. The van der Waals surface area contributed by atoms with Crippen LogP contribution in [0.4, 0.5) is 4.79 Å². The molecule has 1 aromatic rings. The summed E-state index contributed by atoms with van der Waals surface area (Å²) in [6, 6.07) is 2.33. The van der Waals surface area contributed by atoms with Crippen LogP contribution in [0.5, 0.6) is 5.75 Å². The topological polar surface area (TPSA) is 94.6 Å². The highest BCUT2D eigenvalue weighted by atomic mass is 35.5. The molecule has 9 heteroatoms. The molecule has 0 saturated carbocycles. The highest BCUT2D eigenvalue weighted by Crippen LogP contribution is 2.35. The number of carbonyl (C=O) groups is 1. The van der Waals surface area contributed by atoms with Crippen molar-refractivity contribution in [3.05, 3.63) is 17.7 Å². The van der Waals surface area contributed by atoms with E-state index in [1.165, 1.54) is 13.0 Å². The predicted molar refractivity (Wildman–Crippen MR) is 67.2 cm³/mol. The first kappa shape index (κ1) is 14.3. The summed E-state index contributed by atoms with van der Waals surface area (Å²) < 4.78 is 52.3. The molecule has 0 atom stereocenters. The molecule has 0 radical (unpaired) electrons. The Morgan fingerprint density at radius 1 is 1.16 bits per heavy atom. The van der Waals surface area contributed by atoms with Crippen molar-refractivity contribution in [2.24, 2.45) is 0 Å². The SMILES string of the molecule is Cc1c(OC(=O)Cl)ccc2c1S(=O)(=O)CCS2(=O)=O. The maximum Gasteiger partial charge on any atom is 0.409 e. The number of fused-ring (bicyclic) bond motifs is 1. The van der Waals surface area contributed by atoms with Crippen LogP contribution in [0.3, 0.4) is 0 Å². The number of ether oxygens (including phenoxy) is 1. The van der Waals surface area contributed by atoms with E-state index in [1.54, 1.807) is 0 Å². The Hall–Kier alpha value is -1.12. The summed E-state index contributed by atoms with van der Waals surface area (Å²) in [6.07, 6.45) is 0. The second-order valence-electron chi connectivity index (χ2n) is 3.99. The number of hydrogen-bond acceptors (Lipinski definition) is 6. The molecule has 0 fully saturated rings. The Morgan fingerprint density at radius 2 is 1.74 bits per heavy atom. The summed E-state index contributed by atoms with van der Waals surface area (Å²) in [7, 11) is -7.35. The average molecular weight is 325 g/mol. The monoisotopic (exact) mass is 324 g/mol. The molecule has 0 amide bonds. The smallest absolute Gasteiger partial charge is 0.409 e. The minimum atomic E-state index is -3.72. The summed E-state index contributed by atoms with van der Waals surface area (Å²) in [5, 5.41) is 0. The Morgan fingerprint density at radius 3 is 2.32 bits per heavy atom. The van der Waals surface area contributed by atoms with Crippen LogP contribution in [0.2, 0.25) is 0 Å². The Kier molecular flexibility index (Phi) is 3.36. The van der Waals surface area contributed by atoms with Crippen molar-refractivity contribution in [3.63, 3.8) is 0 Å². The lowest BCUT2D eigenvalue weighted by molar-refractivity contribution is 0.225. The molecule has 0 saturated heterocycles. The Balaban J connectivity index is 2.79. The van der Waals surface area contributed by atoms with Gasteiger partial charge in [0.25, 0.3) is 0 Å². The van der Waals surface area contributed by atoms with E-state index in [9.17, 15) is 21.6 Å². The van der Waals surface area contributed by atoms with E-state index in [2.05, 4.69) is 4.74 Å². The normalized spacial score (nSPS) is 19.5. The molecule has 0 aliphatic carbocycles. The maximum absolute atomic E-state index is 12.0. The lowest BCUT2D eigenvalue weighted by Crippen LogP contribution is -2.27. The van der Waals surface area contributed by atoms with E-state index in [-0.39, 0.29) is 21.1 Å². The van der Waals surface area contributed by atoms with Crippen molar-refractivity contribution in [1.82, 2.24) is 0 Å². The molecule has 19 heavy (non-hydrogen) atoms. The van der Waals surface area contributed by atoms with Gasteiger partial charge in [-0.15, -0.1) is 0 Å². The minimum absolute atomic E-state index is 0.0646. The van der Waals surface area contributed by atoms with Crippen molar-refractivity contribution >= 4 is 36.7 Å². The summed E-state index contributed by atoms with van der Waals surface area (Å²) in [5.41, 5.74) is -1.06. The van der Waals surface area contributed by atoms with E-state index < -0.39 is 36.6 Å². The highest BCUT2D eigenvalue weighted by molar-refractivity contribution is 7.98. The van der Waals surface area contributed by atoms with E-state index in [4.69, 9.17) is 11.6 Å². The third kappa shape index (κ3) is 2.47. The highest BCUT2D eigenvalue weighted by Gasteiger charge is 2.36. The second kappa shape index (κ2) is 4.46. The molecule has 0 bridgehead atoms. The van der Waals surface area contributed by atoms with Crippen LogP contribution in [-0.4, -0.2) is 33.8 Å². The zero-order valence-electron chi connectivity index (χ0n) is 9.71. The first-order valence-corrected chi connectivity index (χ1v) is 8.80. The molecule has 0 unspecified atom stereocenters. The summed E-state index contributed by atoms with van der Waals surface area (Å²) in [4.78, 5) is 10.1. The molecule has 2 rings (SSSR count). The van der Waals surface area contributed by atoms with Gasteiger partial charge in [-0.3, -0.25) is 0 Å². The van der Waals surface area contributed by atoms with Crippen LogP contribution in [-0.2, 0) is 19.7 Å². The van der Waals surface area contributed by atoms with Gasteiger partial charge in [-0.1, -0.05) is 0 Å². The van der Waals surface area contributed by atoms with Gasteiger partial charge in [0.05, 0.1) is 21.3 Å². The fourth-order valence-corrected chi connectivity index (χ4v) is 6.59. The minimum Gasteiger partial charge on any atom is -0.414 e.